The van der Waals surface area contributed by atoms with Crippen LogP contribution in [0.1, 0.15) is 31.5 Å². The van der Waals surface area contributed by atoms with Gasteiger partial charge in [0.1, 0.15) is 12.1 Å². The van der Waals surface area contributed by atoms with Crippen molar-refractivity contribution in [2.75, 3.05) is 11.5 Å². The van der Waals surface area contributed by atoms with Gasteiger partial charge in [-0.3, -0.25) is 9.69 Å². The van der Waals surface area contributed by atoms with Gasteiger partial charge >= 0.3 is 6.03 Å². The first kappa shape index (κ1) is 13.4. The lowest BCUT2D eigenvalue weighted by molar-refractivity contribution is -0.131. The molecule has 8 heteroatoms. The Hall–Kier alpha value is -1.57. The molecule has 0 radical (unpaired) electrons. The lowest BCUT2D eigenvalue weighted by Gasteiger charge is -2.18. The van der Waals surface area contributed by atoms with Crippen molar-refractivity contribution >= 4 is 23.7 Å². The van der Waals surface area contributed by atoms with Gasteiger partial charge in [0.25, 0.3) is 5.91 Å². The van der Waals surface area contributed by atoms with Crippen LogP contribution in [0.15, 0.2) is 4.52 Å². The molecule has 0 bridgehead atoms. The van der Waals surface area contributed by atoms with E-state index in [2.05, 4.69) is 15.5 Å². The van der Waals surface area contributed by atoms with Crippen molar-refractivity contribution < 1.29 is 14.1 Å². The number of aromatic nitrogens is 2. The minimum Gasteiger partial charge on any atom is -0.337 e. The zero-order chi connectivity index (χ0) is 14.2. The number of nitrogens with one attached hydrogen (secondary N) is 1. The molecule has 3 rings (SSSR count). The Morgan fingerprint density at radius 2 is 2.35 bits per heavy atom. The number of hydrogen-bond donors (Lipinski definition) is 1. The number of rotatable bonds is 4. The number of nitrogens with zero attached hydrogens (tertiary/aromatic N) is 3. The van der Waals surface area contributed by atoms with Gasteiger partial charge in [-0.05, 0) is 18.6 Å². The van der Waals surface area contributed by atoms with Gasteiger partial charge in [0.2, 0.25) is 5.89 Å². The fraction of sp³-hybridized carbons (Fsp3) is 0.667. The SMILES string of the molecule is CCCc1noc(CN2C(=O)N[C@@]3(CCSC3)C2=O)n1. The van der Waals surface area contributed by atoms with Crippen LogP contribution in [0.3, 0.4) is 0 Å². The maximum Gasteiger partial charge on any atom is 0.325 e. The van der Waals surface area contributed by atoms with E-state index in [1.54, 1.807) is 11.8 Å². The lowest BCUT2D eigenvalue weighted by Crippen LogP contribution is -2.46. The number of thioether (sulfide) groups is 1. The minimum atomic E-state index is -0.714. The number of imide groups is 1. The molecule has 0 saturated carbocycles. The van der Waals surface area contributed by atoms with Gasteiger partial charge in [0.15, 0.2) is 5.82 Å². The lowest BCUT2D eigenvalue weighted by atomic mass is 9.99. The third kappa shape index (κ3) is 2.17. The molecular weight excluding hydrogens is 280 g/mol. The van der Waals surface area contributed by atoms with Gasteiger partial charge in [-0.2, -0.15) is 16.7 Å². The molecule has 1 spiro atoms. The summed E-state index contributed by atoms with van der Waals surface area (Å²) in [7, 11) is 0. The number of carbonyl (C=O) groups excluding carboxylic acids is 2. The van der Waals surface area contributed by atoms with E-state index in [4.69, 9.17) is 4.52 Å². The predicted molar refractivity (Wildman–Crippen MR) is 72.0 cm³/mol. The largest absolute Gasteiger partial charge is 0.337 e. The van der Waals surface area contributed by atoms with E-state index in [-0.39, 0.29) is 18.5 Å². The maximum atomic E-state index is 12.4. The molecule has 1 atom stereocenters. The van der Waals surface area contributed by atoms with Crippen LogP contribution < -0.4 is 5.32 Å². The number of hydrogen-bond acceptors (Lipinski definition) is 6. The van der Waals surface area contributed by atoms with Crippen molar-refractivity contribution in [1.82, 2.24) is 20.4 Å². The maximum absolute atomic E-state index is 12.4. The Balaban J connectivity index is 1.73. The van der Waals surface area contributed by atoms with Gasteiger partial charge < -0.3 is 9.84 Å². The number of aryl methyl sites for hydroxylation is 1. The summed E-state index contributed by atoms with van der Waals surface area (Å²) in [6.45, 7) is 2.07. The minimum absolute atomic E-state index is 0.0494. The summed E-state index contributed by atoms with van der Waals surface area (Å²) < 4.78 is 5.09. The number of carbonyl (C=O) groups is 2. The highest BCUT2D eigenvalue weighted by atomic mass is 32.2. The van der Waals surface area contributed by atoms with Gasteiger partial charge in [-0.25, -0.2) is 4.79 Å². The van der Waals surface area contributed by atoms with Crippen molar-refractivity contribution in [2.24, 2.45) is 0 Å². The molecule has 7 nitrogen and oxygen atoms in total. The molecule has 2 aliphatic rings. The van der Waals surface area contributed by atoms with Crippen LogP contribution in [0.5, 0.6) is 0 Å². The van der Waals surface area contributed by atoms with Crippen LogP contribution >= 0.6 is 11.8 Å². The molecule has 2 aliphatic heterocycles. The summed E-state index contributed by atoms with van der Waals surface area (Å²) in [5.74, 6) is 2.27. The van der Waals surface area contributed by atoms with Crippen molar-refractivity contribution in [3.8, 4) is 0 Å². The van der Waals surface area contributed by atoms with Crippen LogP contribution in [-0.2, 0) is 17.8 Å². The molecule has 1 aromatic heterocycles. The normalized spacial score (nSPS) is 25.8. The predicted octanol–water partition coefficient (Wildman–Crippen LogP) is 0.950. The smallest absolute Gasteiger partial charge is 0.325 e. The standard InChI is InChI=1S/C12H16N4O3S/c1-2-3-8-13-9(19-15-8)6-16-10(17)12(14-11(16)18)4-5-20-7-12/h2-7H2,1H3,(H,14,18)/t12-/m1/s1. The fourth-order valence-electron chi connectivity index (χ4n) is 2.47. The van der Waals surface area contributed by atoms with Crippen molar-refractivity contribution in [3.63, 3.8) is 0 Å². The Morgan fingerprint density at radius 3 is 3.05 bits per heavy atom. The van der Waals surface area contributed by atoms with Crippen LogP contribution in [0.4, 0.5) is 4.79 Å². The van der Waals surface area contributed by atoms with Crippen LogP contribution in [0.2, 0.25) is 0 Å². The number of amides is 3. The molecule has 1 aromatic rings. The molecule has 0 aromatic carbocycles. The molecule has 0 unspecified atom stereocenters. The van der Waals surface area contributed by atoms with Crippen molar-refractivity contribution in [1.29, 1.82) is 0 Å². The fourth-order valence-corrected chi connectivity index (χ4v) is 3.79. The average molecular weight is 296 g/mol. The van der Waals surface area contributed by atoms with Gasteiger partial charge in [0.05, 0.1) is 0 Å². The second-order valence-electron chi connectivity index (χ2n) is 5.06. The van der Waals surface area contributed by atoms with E-state index in [1.807, 2.05) is 6.92 Å². The summed E-state index contributed by atoms with van der Waals surface area (Å²) >= 11 is 1.68. The van der Waals surface area contributed by atoms with Crippen molar-refractivity contribution in [3.05, 3.63) is 11.7 Å². The Labute approximate surface area is 120 Å². The summed E-state index contributed by atoms with van der Waals surface area (Å²) in [5.41, 5.74) is -0.714. The molecule has 0 aliphatic carbocycles. The van der Waals surface area contributed by atoms with Crippen LogP contribution in [-0.4, -0.2) is 44.0 Å². The van der Waals surface area contributed by atoms with E-state index >= 15 is 0 Å². The first-order chi connectivity index (χ1) is 9.64. The third-order valence-electron chi connectivity index (χ3n) is 3.54. The van der Waals surface area contributed by atoms with E-state index in [9.17, 15) is 9.59 Å². The number of urea groups is 1. The molecule has 2 saturated heterocycles. The van der Waals surface area contributed by atoms with E-state index in [0.717, 1.165) is 18.6 Å². The Bertz CT molecular complexity index is 539. The van der Waals surface area contributed by atoms with Crippen LogP contribution in [0, 0.1) is 0 Å². The summed E-state index contributed by atoms with van der Waals surface area (Å²) in [6, 6.07) is -0.368. The molecular formula is C12H16N4O3S. The van der Waals surface area contributed by atoms with E-state index in [0.29, 0.717) is 23.9 Å². The molecule has 3 amide bonds. The van der Waals surface area contributed by atoms with E-state index < -0.39 is 5.54 Å². The second-order valence-corrected chi connectivity index (χ2v) is 6.17. The Kier molecular flexibility index (Phi) is 3.41. The molecule has 108 valence electrons. The summed E-state index contributed by atoms with van der Waals surface area (Å²) in [5, 5.41) is 6.64. The quantitative estimate of drug-likeness (QED) is 0.832. The molecule has 2 fully saturated rings. The highest BCUT2D eigenvalue weighted by Gasteiger charge is 2.53. The summed E-state index contributed by atoms with van der Waals surface area (Å²) in [6.07, 6.45) is 2.33. The topological polar surface area (TPSA) is 88.3 Å². The Morgan fingerprint density at radius 1 is 1.50 bits per heavy atom. The molecule has 20 heavy (non-hydrogen) atoms. The highest BCUT2D eigenvalue weighted by Crippen LogP contribution is 2.33. The third-order valence-corrected chi connectivity index (χ3v) is 4.73. The molecule has 1 N–H and O–H groups in total. The zero-order valence-corrected chi connectivity index (χ0v) is 12.0. The zero-order valence-electron chi connectivity index (χ0n) is 11.2. The van der Waals surface area contributed by atoms with Crippen molar-refractivity contribution in [2.45, 2.75) is 38.3 Å². The second kappa shape index (κ2) is 5.08. The van der Waals surface area contributed by atoms with Gasteiger partial charge in [-0.1, -0.05) is 12.1 Å². The average Bonchev–Trinajstić information content (AvgIpc) is 3.10. The first-order valence-corrected chi connectivity index (χ1v) is 7.83. The van der Waals surface area contributed by atoms with Crippen LogP contribution in [0.25, 0.3) is 0 Å². The van der Waals surface area contributed by atoms with Gasteiger partial charge in [0, 0.05) is 12.2 Å². The van der Waals surface area contributed by atoms with E-state index in [1.165, 1.54) is 4.90 Å². The molecule has 3 heterocycles. The highest BCUT2D eigenvalue weighted by molar-refractivity contribution is 7.99. The first-order valence-electron chi connectivity index (χ1n) is 6.68. The summed E-state index contributed by atoms with van der Waals surface area (Å²) in [4.78, 5) is 29.8. The monoisotopic (exact) mass is 296 g/mol. The van der Waals surface area contributed by atoms with Gasteiger partial charge in [-0.15, -0.1) is 0 Å².